The van der Waals surface area contributed by atoms with E-state index in [2.05, 4.69) is 18.5 Å². The number of fused-ring (bicyclic) bond motifs is 1. The van der Waals surface area contributed by atoms with Gasteiger partial charge in [-0.2, -0.15) is 0 Å². The Bertz CT molecular complexity index is 421. The summed E-state index contributed by atoms with van der Waals surface area (Å²) < 4.78 is 2.37. The molecule has 17 heavy (non-hydrogen) atoms. The minimum atomic E-state index is 0.325. The summed E-state index contributed by atoms with van der Waals surface area (Å²) in [6, 6.07) is 0.325. The average molecular weight is 233 g/mol. The summed E-state index contributed by atoms with van der Waals surface area (Å²) in [5.74, 6) is 2.81. The van der Waals surface area contributed by atoms with Gasteiger partial charge in [0, 0.05) is 31.1 Å². The second-order valence-corrected chi connectivity index (χ2v) is 5.94. The lowest BCUT2D eigenvalue weighted by Crippen LogP contribution is -2.28. The van der Waals surface area contributed by atoms with Crippen molar-refractivity contribution in [1.82, 2.24) is 9.55 Å². The van der Waals surface area contributed by atoms with Crippen molar-refractivity contribution in [2.75, 3.05) is 0 Å². The minimum Gasteiger partial charge on any atom is -0.335 e. The number of aromatic nitrogens is 2. The molecule has 1 heterocycles. The molecule has 1 aromatic heterocycles. The predicted molar refractivity (Wildman–Crippen MR) is 69.0 cm³/mol. The standard InChI is InChI=1S/C14H23N3/c1-9-4-3-5-11(9)14-16-12-8-10(15)6-7-13(12)17(14)2/h9-11H,3-8,15H2,1-2H3. The molecular formula is C14H23N3. The first-order valence-electron chi connectivity index (χ1n) is 6.96. The Kier molecular flexibility index (Phi) is 2.74. The molecule has 1 fully saturated rings. The SMILES string of the molecule is CC1CCCC1c1nc2c(n1C)CCC(N)C2. The molecule has 0 spiro atoms. The minimum absolute atomic E-state index is 0.325. The van der Waals surface area contributed by atoms with Gasteiger partial charge in [-0.25, -0.2) is 4.98 Å². The molecule has 0 radical (unpaired) electrons. The van der Waals surface area contributed by atoms with Crippen molar-refractivity contribution < 1.29 is 0 Å². The van der Waals surface area contributed by atoms with E-state index >= 15 is 0 Å². The summed E-state index contributed by atoms with van der Waals surface area (Å²) in [4.78, 5) is 4.92. The second-order valence-electron chi connectivity index (χ2n) is 5.94. The highest BCUT2D eigenvalue weighted by Gasteiger charge is 2.31. The van der Waals surface area contributed by atoms with E-state index in [4.69, 9.17) is 10.7 Å². The maximum absolute atomic E-state index is 6.04. The zero-order valence-corrected chi connectivity index (χ0v) is 10.9. The molecular weight excluding hydrogens is 210 g/mol. The third-order valence-electron chi connectivity index (χ3n) is 4.73. The number of nitrogens with two attached hydrogens (primary N) is 1. The van der Waals surface area contributed by atoms with E-state index in [-0.39, 0.29) is 0 Å². The smallest absolute Gasteiger partial charge is 0.112 e. The van der Waals surface area contributed by atoms with Gasteiger partial charge in [0.2, 0.25) is 0 Å². The lowest BCUT2D eigenvalue weighted by molar-refractivity contribution is 0.493. The van der Waals surface area contributed by atoms with Crippen LogP contribution in [0.5, 0.6) is 0 Å². The van der Waals surface area contributed by atoms with E-state index < -0.39 is 0 Å². The van der Waals surface area contributed by atoms with Gasteiger partial charge < -0.3 is 10.3 Å². The van der Waals surface area contributed by atoms with Gasteiger partial charge in [-0.05, 0) is 31.6 Å². The zero-order chi connectivity index (χ0) is 12.0. The molecule has 1 saturated carbocycles. The van der Waals surface area contributed by atoms with E-state index in [1.54, 1.807) is 0 Å². The van der Waals surface area contributed by atoms with E-state index in [0.717, 1.165) is 25.2 Å². The summed E-state index contributed by atoms with van der Waals surface area (Å²) in [5, 5.41) is 0. The Balaban J connectivity index is 1.96. The van der Waals surface area contributed by atoms with Gasteiger partial charge in [0.05, 0.1) is 5.69 Å². The van der Waals surface area contributed by atoms with E-state index in [1.807, 2.05) is 0 Å². The Hall–Kier alpha value is -0.830. The first kappa shape index (κ1) is 11.3. The number of hydrogen-bond acceptors (Lipinski definition) is 2. The molecule has 3 unspecified atom stereocenters. The summed E-state index contributed by atoms with van der Waals surface area (Å²) >= 11 is 0. The number of hydrogen-bond donors (Lipinski definition) is 1. The Morgan fingerprint density at radius 2 is 2.12 bits per heavy atom. The highest BCUT2D eigenvalue weighted by molar-refractivity contribution is 5.23. The van der Waals surface area contributed by atoms with Crippen molar-refractivity contribution in [3.63, 3.8) is 0 Å². The van der Waals surface area contributed by atoms with Gasteiger partial charge in [-0.15, -0.1) is 0 Å². The summed E-state index contributed by atoms with van der Waals surface area (Å²) in [7, 11) is 2.20. The van der Waals surface area contributed by atoms with Crippen LogP contribution in [0, 0.1) is 5.92 Å². The van der Waals surface area contributed by atoms with E-state index in [1.165, 1.54) is 36.5 Å². The van der Waals surface area contributed by atoms with Crippen molar-refractivity contribution in [2.24, 2.45) is 18.7 Å². The zero-order valence-electron chi connectivity index (χ0n) is 10.9. The highest BCUT2D eigenvalue weighted by atomic mass is 15.1. The van der Waals surface area contributed by atoms with Crippen molar-refractivity contribution in [2.45, 2.75) is 57.4 Å². The molecule has 3 nitrogen and oxygen atoms in total. The maximum Gasteiger partial charge on any atom is 0.112 e. The van der Waals surface area contributed by atoms with Crippen molar-refractivity contribution in [3.05, 3.63) is 17.2 Å². The predicted octanol–water partition coefficient (Wildman–Crippen LogP) is 2.14. The molecule has 94 valence electrons. The largest absolute Gasteiger partial charge is 0.335 e. The molecule has 0 aliphatic heterocycles. The quantitative estimate of drug-likeness (QED) is 0.807. The molecule has 1 aromatic rings. The van der Waals surface area contributed by atoms with Crippen molar-refractivity contribution in [3.8, 4) is 0 Å². The summed E-state index contributed by atoms with van der Waals surface area (Å²) in [6.45, 7) is 2.37. The van der Waals surface area contributed by atoms with Crippen LogP contribution >= 0.6 is 0 Å². The van der Waals surface area contributed by atoms with Crippen LogP contribution < -0.4 is 5.73 Å². The van der Waals surface area contributed by atoms with Crippen molar-refractivity contribution in [1.29, 1.82) is 0 Å². The summed E-state index contributed by atoms with van der Waals surface area (Å²) in [6.07, 6.45) is 7.25. The van der Waals surface area contributed by atoms with Crippen LogP contribution in [0.3, 0.4) is 0 Å². The molecule has 0 bridgehead atoms. The normalized spacial score (nSPS) is 32.8. The fraction of sp³-hybridized carbons (Fsp3) is 0.786. The first-order chi connectivity index (χ1) is 8.16. The molecule has 2 aliphatic rings. The van der Waals surface area contributed by atoms with Crippen LogP contribution in [0.1, 0.15) is 55.7 Å². The molecule has 0 amide bonds. The van der Waals surface area contributed by atoms with E-state index in [9.17, 15) is 0 Å². The van der Waals surface area contributed by atoms with Gasteiger partial charge in [-0.1, -0.05) is 13.3 Å². The Morgan fingerprint density at radius 1 is 1.29 bits per heavy atom. The van der Waals surface area contributed by atoms with Gasteiger partial charge in [0.1, 0.15) is 5.82 Å². The second kappa shape index (κ2) is 4.13. The van der Waals surface area contributed by atoms with Gasteiger partial charge in [0.15, 0.2) is 0 Å². The van der Waals surface area contributed by atoms with Crippen LogP contribution in [0.15, 0.2) is 0 Å². The first-order valence-corrected chi connectivity index (χ1v) is 6.96. The monoisotopic (exact) mass is 233 g/mol. The van der Waals surface area contributed by atoms with Gasteiger partial charge in [0.25, 0.3) is 0 Å². The van der Waals surface area contributed by atoms with Crippen molar-refractivity contribution >= 4 is 0 Å². The van der Waals surface area contributed by atoms with Gasteiger partial charge in [-0.3, -0.25) is 0 Å². The lowest BCUT2D eigenvalue weighted by atomic mass is 9.97. The van der Waals surface area contributed by atoms with Crippen LogP contribution in [0.25, 0.3) is 0 Å². The lowest BCUT2D eigenvalue weighted by Gasteiger charge is -2.18. The van der Waals surface area contributed by atoms with Crippen LogP contribution in [0.2, 0.25) is 0 Å². The topological polar surface area (TPSA) is 43.8 Å². The molecule has 2 N–H and O–H groups in total. The fourth-order valence-electron chi connectivity index (χ4n) is 3.62. The molecule has 0 saturated heterocycles. The van der Waals surface area contributed by atoms with Gasteiger partial charge >= 0.3 is 0 Å². The average Bonchev–Trinajstić information content (AvgIpc) is 2.83. The van der Waals surface area contributed by atoms with Crippen LogP contribution in [0.4, 0.5) is 0 Å². The third kappa shape index (κ3) is 1.81. The Labute approximate surface area is 103 Å². The number of nitrogens with zero attached hydrogens (tertiary/aromatic N) is 2. The number of rotatable bonds is 1. The maximum atomic E-state index is 6.04. The van der Waals surface area contributed by atoms with E-state index in [0.29, 0.717) is 12.0 Å². The third-order valence-corrected chi connectivity index (χ3v) is 4.73. The molecule has 3 heteroatoms. The molecule has 3 atom stereocenters. The van der Waals surface area contributed by atoms with Crippen LogP contribution in [-0.4, -0.2) is 15.6 Å². The molecule has 3 rings (SSSR count). The van der Waals surface area contributed by atoms with Crippen LogP contribution in [-0.2, 0) is 19.9 Å². The fourth-order valence-corrected chi connectivity index (χ4v) is 3.62. The number of imidazole rings is 1. The highest BCUT2D eigenvalue weighted by Crippen LogP contribution is 2.39. The molecule has 2 aliphatic carbocycles. The summed E-state index contributed by atoms with van der Waals surface area (Å²) in [5.41, 5.74) is 8.76. The Morgan fingerprint density at radius 3 is 2.82 bits per heavy atom. The molecule has 0 aromatic carbocycles.